The molecule has 1 N–H and O–H groups in total. The SMILES string of the molecule is Cc1ccc2c(=O)c(S(=O)(=O)c3ccc(Cl)cc3)cn(CC(=O)NCc3ccco3)c2n1. The lowest BCUT2D eigenvalue weighted by Gasteiger charge is -2.13. The highest BCUT2D eigenvalue weighted by Gasteiger charge is 2.25. The van der Waals surface area contributed by atoms with Crippen LogP contribution in [-0.4, -0.2) is 23.9 Å². The summed E-state index contributed by atoms with van der Waals surface area (Å²) in [7, 11) is -4.16. The lowest BCUT2D eigenvalue weighted by molar-refractivity contribution is -0.121. The van der Waals surface area contributed by atoms with E-state index in [-0.39, 0.29) is 29.0 Å². The van der Waals surface area contributed by atoms with Gasteiger partial charge < -0.3 is 14.3 Å². The first kappa shape index (κ1) is 21.8. The summed E-state index contributed by atoms with van der Waals surface area (Å²) in [6.07, 6.45) is 2.66. The number of sulfone groups is 1. The molecule has 8 nitrogen and oxygen atoms in total. The van der Waals surface area contributed by atoms with Crippen molar-refractivity contribution in [2.75, 3.05) is 0 Å². The van der Waals surface area contributed by atoms with Gasteiger partial charge in [-0.2, -0.15) is 0 Å². The Morgan fingerprint density at radius 2 is 1.91 bits per heavy atom. The number of rotatable bonds is 6. The van der Waals surface area contributed by atoms with E-state index in [0.29, 0.717) is 16.5 Å². The number of furan rings is 1. The third kappa shape index (κ3) is 4.30. The number of halogens is 1. The molecule has 0 aliphatic rings. The predicted molar refractivity (Wildman–Crippen MR) is 118 cm³/mol. The minimum Gasteiger partial charge on any atom is -0.467 e. The molecule has 4 rings (SSSR count). The molecule has 1 amide bonds. The molecule has 0 spiro atoms. The van der Waals surface area contributed by atoms with Gasteiger partial charge in [0.15, 0.2) is 0 Å². The van der Waals surface area contributed by atoms with Gasteiger partial charge in [-0.3, -0.25) is 9.59 Å². The van der Waals surface area contributed by atoms with Crippen LogP contribution in [0.2, 0.25) is 5.02 Å². The van der Waals surface area contributed by atoms with E-state index < -0.39 is 26.1 Å². The fraction of sp³-hybridized carbons (Fsp3) is 0.136. The zero-order valence-corrected chi connectivity index (χ0v) is 18.5. The maximum atomic E-state index is 13.2. The smallest absolute Gasteiger partial charge is 0.240 e. The second-order valence-corrected chi connectivity index (χ2v) is 9.44. The van der Waals surface area contributed by atoms with Crippen molar-refractivity contribution in [3.8, 4) is 0 Å². The van der Waals surface area contributed by atoms with Gasteiger partial charge in [-0.1, -0.05) is 11.6 Å². The first-order chi connectivity index (χ1) is 15.3. The highest BCUT2D eigenvalue weighted by Crippen LogP contribution is 2.22. The molecule has 1 aromatic carbocycles. The van der Waals surface area contributed by atoms with Crippen LogP contribution in [0.1, 0.15) is 11.5 Å². The Bertz CT molecular complexity index is 1460. The van der Waals surface area contributed by atoms with Crippen molar-refractivity contribution in [3.05, 3.63) is 87.7 Å². The molecule has 0 aliphatic heterocycles. The van der Waals surface area contributed by atoms with Crippen LogP contribution in [0.3, 0.4) is 0 Å². The summed E-state index contributed by atoms with van der Waals surface area (Å²) in [5, 5.41) is 3.17. The summed E-state index contributed by atoms with van der Waals surface area (Å²) < 4.78 is 33.0. The molecular weight excluding hydrogens is 454 g/mol. The average molecular weight is 472 g/mol. The number of fused-ring (bicyclic) bond motifs is 1. The van der Waals surface area contributed by atoms with Crippen LogP contribution in [0.5, 0.6) is 0 Å². The monoisotopic (exact) mass is 471 g/mol. The topological polar surface area (TPSA) is 111 Å². The van der Waals surface area contributed by atoms with Gasteiger partial charge in [0, 0.05) is 16.9 Å². The number of carbonyl (C=O) groups excluding carboxylic acids is 1. The summed E-state index contributed by atoms with van der Waals surface area (Å²) >= 11 is 5.86. The average Bonchev–Trinajstić information content (AvgIpc) is 3.28. The number of nitrogens with zero attached hydrogens (tertiary/aromatic N) is 2. The molecule has 0 radical (unpaired) electrons. The van der Waals surface area contributed by atoms with Crippen molar-refractivity contribution in [3.63, 3.8) is 0 Å². The predicted octanol–water partition coefficient (Wildman–Crippen LogP) is 3.10. The first-order valence-corrected chi connectivity index (χ1v) is 11.4. The first-order valence-electron chi connectivity index (χ1n) is 9.56. The van der Waals surface area contributed by atoms with Crippen molar-refractivity contribution in [1.29, 1.82) is 0 Å². The van der Waals surface area contributed by atoms with Gasteiger partial charge in [-0.25, -0.2) is 13.4 Å². The number of pyridine rings is 2. The molecule has 32 heavy (non-hydrogen) atoms. The summed E-state index contributed by atoms with van der Waals surface area (Å²) in [4.78, 5) is 29.5. The zero-order chi connectivity index (χ0) is 22.9. The van der Waals surface area contributed by atoms with Crippen LogP contribution >= 0.6 is 11.6 Å². The van der Waals surface area contributed by atoms with E-state index in [0.717, 1.165) is 6.20 Å². The quantitative estimate of drug-likeness (QED) is 0.462. The zero-order valence-electron chi connectivity index (χ0n) is 16.9. The van der Waals surface area contributed by atoms with Gasteiger partial charge in [0.25, 0.3) is 0 Å². The van der Waals surface area contributed by atoms with Gasteiger partial charge in [-0.05, 0) is 55.5 Å². The van der Waals surface area contributed by atoms with E-state index in [1.54, 1.807) is 25.1 Å². The Morgan fingerprint density at radius 1 is 1.16 bits per heavy atom. The minimum atomic E-state index is -4.16. The largest absolute Gasteiger partial charge is 0.467 e. The van der Waals surface area contributed by atoms with Crippen molar-refractivity contribution >= 4 is 38.4 Å². The summed E-state index contributed by atoms with van der Waals surface area (Å²) in [6, 6.07) is 12.1. The Morgan fingerprint density at radius 3 is 2.59 bits per heavy atom. The van der Waals surface area contributed by atoms with Crippen LogP contribution < -0.4 is 10.7 Å². The van der Waals surface area contributed by atoms with Gasteiger partial charge in [-0.15, -0.1) is 0 Å². The normalized spacial score (nSPS) is 11.6. The molecule has 3 heterocycles. The molecule has 3 aromatic heterocycles. The summed E-state index contributed by atoms with van der Waals surface area (Å²) in [5.41, 5.74) is 0.155. The fourth-order valence-electron chi connectivity index (χ4n) is 3.20. The molecule has 0 aliphatic carbocycles. The van der Waals surface area contributed by atoms with Gasteiger partial charge in [0.1, 0.15) is 22.8 Å². The number of aryl methyl sites for hydroxylation is 1. The van der Waals surface area contributed by atoms with Crippen molar-refractivity contribution in [2.24, 2.45) is 0 Å². The Labute approximate surface area is 188 Å². The van der Waals surface area contributed by atoms with Gasteiger partial charge in [0.2, 0.25) is 21.2 Å². The van der Waals surface area contributed by atoms with Crippen LogP contribution in [0.15, 0.2) is 80.0 Å². The van der Waals surface area contributed by atoms with Crippen LogP contribution in [-0.2, 0) is 27.7 Å². The number of amides is 1. The van der Waals surface area contributed by atoms with Gasteiger partial charge >= 0.3 is 0 Å². The van der Waals surface area contributed by atoms with Crippen molar-refractivity contribution < 1.29 is 17.6 Å². The van der Waals surface area contributed by atoms with E-state index in [1.165, 1.54) is 41.2 Å². The molecule has 10 heteroatoms. The third-order valence-electron chi connectivity index (χ3n) is 4.80. The third-order valence-corrected chi connectivity index (χ3v) is 6.81. The fourth-order valence-corrected chi connectivity index (χ4v) is 4.69. The van der Waals surface area contributed by atoms with Crippen LogP contribution in [0.4, 0.5) is 0 Å². The molecule has 164 valence electrons. The molecule has 4 aromatic rings. The molecule has 0 fully saturated rings. The van der Waals surface area contributed by atoms with E-state index in [2.05, 4.69) is 10.3 Å². The Hall–Kier alpha value is -3.43. The highest BCUT2D eigenvalue weighted by atomic mass is 35.5. The minimum absolute atomic E-state index is 0.0766. The molecule has 0 saturated heterocycles. The molecule has 0 unspecified atom stereocenters. The molecule has 0 saturated carbocycles. The maximum absolute atomic E-state index is 13.2. The lowest BCUT2D eigenvalue weighted by Crippen LogP contribution is -2.29. The van der Waals surface area contributed by atoms with E-state index in [1.807, 2.05) is 0 Å². The highest BCUT2D eigenvalue weighted by molar-refractivity contribution is 7.91. The number of aromatic nitrogens is 2. The van der Waals surface area contributed by atoms with Crippen molar-refractivity contribution in [1.82, 2.24) is 14.9 Å². The lowest BCUT2D eigenvalue weighted by atomic mass is 10.2. The second kappa shape index (κ2) is 8.60. The second-order valence-electron chi connectivity index (χ2n) is 7.09. The van der Waals surface area contributed by atoms with Crippen LogP contribution in [0, 0.1) is 6.92 Å². The standard InChI is InChI=1S/C22H18ClN3O5S/c1-14-4-9-18-21(28)19(32(29,30)17-7-5-15(23)6-8-17)12-26(22(18)25-14)13-20(27)24-11-16-3-2-10-31-16/h2-10,12H,11,13H2,1H3,(H,24,27). The number of carbonyl (C=O) groups is 1. The molecule has 0 bridgehead atoms. The number of benzene rings is 1. The number of hydrogen-bond acceptors (Lipinski definition) is 6. The van der Waals surface area contributed by atoms with Crippen molar-refractivity contribution in [2.45, 2.75) is 29.8 Å². The molecule has 0 atom stereocenters. The van der Waals surface area contributed by atoms with E-state index in [9.17, 15) is 18.0 Å². The molecular formula is C22H18ClN3O5S. The summed E-state index contributed by atoms with van der Waals surface area (Å²) in [5.74, 6) is 0.174. The Balaban J connectivity index is 1.78. The maximum Gasteiger partial charge on any atom is 0.240 e. The number of hydrogen-bond donors (Lipinski definition) is 1. The Kier molecular flexibility index (Phi) is 5.86. The van der Waals surface area contributed by atoms with Gasteiger partial charge in [0.05, 0.1) is 23.1 Å². The van der Waals surface area contributed by atoms with Crippen LogP contribution in [0.25, 0.3) is 11.0 Å². The number of nitrogens with one attached hydrogen (secondary N) is 1. The van der Waals surface area contributed by atoms with E-state index >= 15 is 0 Å². The van der Waals surface area contributed by atoms with E-state index in [4.69, 9.17) is 16.0 Å². The summed E-state index contributed by atoms with van der Waals surface area (Å²) in [6.45, 7) is 1.67.